The molecule has 234 valence electrons. The molecular weight excluding hydrogens is 572 g/mol. The number of hydrogen-bond acceptors (Lipinski definition) is 8. The van der Waals surface area contributed by atoms with Crippen molar-refractivity contribution in [2.45, 2.75) is 95.1 Å². The van der Waals surface area contributed by atoms with Crippen LogP contribution in [0.4, 0.5) is 0 Å². The molecule has 2 unspecified atom stereocenters. The number of thioether (sulfide) groups is 1. The van der Waals surface area contributed by atoms with Crippen LogP contribution in [-0.4, -0.2) is 96.3 Å². The van der Waals surface area contributed by atoms with E-state index in [1.54, 1.807) is 4.90 Å². The molecule has 13 heteroatoms. The monoisotopic (exact) mass is 614 g/mol. The molecule has 2 saturated heterocycles. The number of aromatic nitrogens is 2. The zero-order valence-corrected chi connectivity index (χ0v) is 25.9. The number of rotatable bonds is 9. The summed E-state index contributed by atoms with van der Waals surface area (Å²) in [5.41, 5.74) is -0.685. The number of carboxylic acids is 1. The van der Waals surface area contributed by atoms with Crippen molar-refractivity contribution < 1.29 is 29.1 Å². The fraction of sp³-hybridized carbons (Fsp3) is 0.700. The van der Waals surface area contributed by atoms with E-state index in [4.69, 9.17) is 0 Å². The highest BCUT2D eigenvalue weighted by Gasteiger charge is 2.58. The topological polar surface area (TPSA) is 162 Å². The molecule has 3 heterocycles. The molecule has 2 aliphatic carbocycles. The number of carbonyl (C=O) groups is 5. The van der Waals surface area contributed by atoms with E-state index in [1.165, 1.54) is 35.3 Å². The fourth-order valence-electron chi connectivity index (χ4n) is 6.55. The summed E-state index contributed by atoms with van der Waals surface area (Å²) in [5.74, 6) is -2.11. The van der Waals surface area contributed by atoms with Gasteiger partial charge in [0, 0.05) is 25.4 Å². The quantitative estimate of drug-likeness (QED) is 0.378. The van der Waals surface area contributed by atoms with Crippen molar-refractivity contribution in [3.8, 4) is 0 Å². The van der Waals surface area contributed by atoms with Crippen LogP contribution in [-0.2, 0) is 19.2 Å². The van der Waals surface area contributed by atoms with E-state index in [2.05, 4.69) is 20.6 Å². The Morgan fingerprint density at radius 2 is 1.81 bits per heavy atom. The number of carboxylic acid groups (broad SMARTS) is 1. The van der Waals surface area contributed by atoms with Crippen LogP contribution >= 0.6 is 11.8 Å². The lowest BCUT2D eigenvalue weighted by Crippen LogP contribution is -2.61. The summed E-state index contributed by atoms with van der Waals surface area (Å²) in [6.45, 7) is 6.12. The maximum Gasteiger partial charge on any atom is 0.326 e. The first-order chi connectivity index (χ1) is 20.4. The van der Waals surface area contributed by atoms with Crippen molar-refractivity contribution in [3.05, 3.63) is 24.3 Å². The highest BCUT2D eigenvalue weighted by molar-refractivity contribution is 8.01. The molecule has 2 saturated carbocycles. The van der Waals surface area contributed by atoms with Gasteiger partial charge in [-0.3, -0.25) is 24.2 Å². The third-order valence-electron chi connectivity index (χ3n) is 9.15. The van der Waals surface area contributed by atoms with Crippen molar-refractivity contribution in [2.24, 2.45) is 17.3 Å². The van der Waals surface area contributed by atoms with Crippen molar-refractivity contribution in [3.63, 3.8) is 0 Å². The Bertz CT molecular complexity index is 1250. The Labute approximate surface area is 256 Å². The molecular formula is C30H42N6O6S. The minimum atomic E-state index is -1.13. The van der Waals surface area contributed by atoms with Gasteiger partial charge in [-0.1, -0.05) is 40.0 Å². The van der Waals surface area contributed by atoms with Gasteiger partial charge in [-0.2, -0.15) is 0 Å². The molecule has 3 N–H and O–H groups in total. The second-order valence-electron chi connectivity index (χ2n) is 13.5. The zero-order valence-electron chi connectivity index (χ0n) is 25.1. The standard InChI is InChI=1S/C30H42N6O6S/c1-29(2,3)24(34-26(39)23(19-7-5-4-6-8-19)33-25(38)20-14-31-11-12-32-20)27(40)35-17-30(13-21(35)28(41)42)36(15-18-9-10-18)22(37)16-43-30/h11-12,14,18-19,21,23-24H,4-10,13,15-17H2,1-3H3,(H,33,38)(H,34,39)(H,41,42)/t21-,23-,24?,30?/m0/s1. The zero-order chi connectivity index (χ0) is 30.9. The predicted octanol–water partition coefficient (Wildman–Crippen LogP) is 2.05. The van der Waals surface area contributed by atoms with Crippen molar-refractivity contribution in [2.75, 3.05) is 18.8 Å². The molecule has 4 fully saturated rings. The Balaban J connectivity index is 1.38. The van der Waals surface area contributed by atoms with E-state index in [-0.39, 0.29) is 36.2 Å². The summed E-state index contributed by atoms with van der Waals surface area (Å²) < 4.78 is 0. The van der Waals surface area contributed by atoms with Crippen molar-refractivity contribution in [1.29, 1.82) is 0 Å². The number of amides is 4. The summed E-state index contributed by atoms with van der Waals surface area (Å²) in [5, 5.41) is 16.0. The molecule has 5 rings (SSSR count). The Morgan fingerprint density at radius 3 is 2.42 bits per heavy atom. The van der Waals surface area contributed by atoms with Gasteiger partial charge < -0.3 is 25.5 Å². The average molecular weight is 615 g/mol. The maximum absolute atomic E-state index is 14.3. The van der Waals surface area contributed by atoms with Gasteiger partial charge >= 0.3 is 5.97 Å². The molecule has 0 aromatic carbocycles. The van der Waals surface area contributed by atoms with Gasteiger partial charge in [0.2, 0.25) is 17.7 Å². The lowest BCUT2D eigenvalue weighted by Gasteiger charge is -2.38. The SMILES string of the molecule is CC(C)(C)C(NC(=O)[C@@H](NC(=O)c1cnccn1)C1CCCCC1)C(=O)N1CC2(C[C@H]1C(=O)O)SCC(=O)N2CC1CC1. The van der Waals surface area contributed by atoms with Crippen molar-refractivity contribution in [1.82, 2.24) is 30.4 Å². The second-order valence-corrected chi connectivity index (χ2v) is 14.8. The Kier molecular flexibility index (Phi) is 9.01. The van der Waals surface area contributed by atoms with Gasteiger partial charge in [0.1, 0.15) is 28.7 Å². The molecule has 43 heavy (non-hydrogen) atoms. The molecule has 0 bridgehead atoms. The summed E-state index contributed by atoms with van der Waals surface area (Å²) >= 11 is 1.42. The first kappa shape index (κ1) is 31.2. The summed E-state index contributed by atoms with van der Waals surface area (Å²) in [7, 11) is 0. The van der Waals surface area contributed by atoms with E-state index in [9.17, 15) is 29.1 Å². The largest absolute Gasteiger partial charge is 0.480 e. The van der Waals surface area contributed by atoms with E-state index in [0.717, 1.165) is 44.9 Å². The van der Waals surface area contributed by atoms with Gasteiger partial charge in [-0.05, 0) is 42.9 Å². The van der Waals surface area contributed by atoms with E-state index >= 15 is 0 Å². The minimum absolute atomic E-state index is 0.0230. The first-order valence-electron chi connectivity index (χ1n) is 15.2. The number of likely N-dealkylation sites (tertiary alicyclic amines) is 1. The van der Waals surface area contributed by atoms with Crippen molar-refractivity contribution >= 4 is 41.4 Å². The van der Waals surface area contributed by atoms with Gasteiger partial charge in [0.25, 0.3) is 5.91 Å². The minimum Gasteiger partial charge on any atom is -0.480 e. The number of aliphatic carboxylic acids is 1. The number of nitrogens with one attached hydrogen (secondary N) is 2. The molecule has 4 aliphatic rings. The van der Waals surface area contributed by atoms with E-state index < -0.39 is 52.1 Å². The van der Waals surface area contributed by atoms with Gasteiger partial charge in [0.15, 0.2) is 0 Å². The normalized spacial score (nSPS) is 25.9. The summed E-state index contributed by atoms with van der Waals surface area (Å²) in [6, 6.07) is -3.08. The molecule has 2 aliphatic heterocycles. The van der Waals surface area contributed by atoms with Gasteiger partial charge in [-0.15, -0.1) is 11.8 Å². The lowest BCUT2D eigenvalue weighted by molar-refractivity contribution is -0.151. The van der Waals surface area contributed by atoms with Gasteiger partial charge in [-0.25, -0.2) is 9.78 Å². The molecule has 1 aromatic rings. The third kappa shape index (κ3) is 6.81. The van der Waals surface area contributed by atoms with Crippen LogP contribution < -0.4 is 10.6 Å². The Hall–Kier alpha value is -3.22. The third-order valence-corrected chi connectivity index (χ3v) is 10.6. The van der Waals surface area contributed by atoms with Crippen LogP contribution in [0.5, 0.6) is 0 Å². The maximum atomic E-state index is 14.3. The molecule has 0 radical (unpaired) electrons. The Morgan fingerprint density at radius 1 is 1.09 bits per heavy atom. The highest BCUT2D eigenvalue weighted by Crippen LogP contribution is 2.48. The van der Waals surface area contributed by atoms with Crippen LogP contribution in [0.1, 0.15) is 82.6 Å². The summed E-state index contributed by atoms with van der Waals surface area (Å²) in [6.07, 6.45) is 10.9. The molecule has 4 atom stereocenters. The van der Waals surface area contributed by atoms with E-state index in [0.29, 0.717) is 12.5 Å². The fourth-order valence-corrected chi connectivity index (χ4v) is 7.94. The van der Waals surface area contributed by atoms with Crippen LogP contribution in [0.3, 0.4) is 0 Å². The lowest BCUT2D eigenvalue weighted by atomic mass is 9.82. The summed E-state index contributed by atoms with van der Waals surface area (Å²) in [4.78, 5) is 77.0. The van der Waals surface area contributed by atoms with E-state index in [1.807, 2.05) is 20.8 Å². The van der Waals surface area contributed by atoms with Crippen LogP contribution in [0, 0.1) is 17.3 Å². The predicted molar refractivity (Wildman–Crippen MR) is 159 cm³/mol. The molecule has 4 amide bonds. The van der Waals surface area contributed by atoms with Crippen LogP contribution in [0.25, 0.3) is 0 Å². The van der Waals surface area contributed by atoms with Gasteiger partial charge in [0.05, 0.1) is 18.5 Å². The first-order valence-corrected chi connectivity index (χ1v) is 16.2. The smallest absolute Gasteiger partial charge is 0.326 e. The molecule has 1 spiro atoms. The highest BCUT2D eigenvalue weighted by atomic mass is 32.2. The molecule has 1 aromatic heterocycles. The number of carbonyl (C=O) groups excluding carboxylic acids is 4. The van der Waals surface area contributed by atoms with Crippen LogP contribution in [0.2, 0.25) is 0 Å². The average Bonchev–Trinajstić information content (AvgIpc) is 3.65. The molecule has 12 nitrogen and oxygen atoms in total. The number of nitrogens with zero attached hydrogens (tertiary/aromatic N) is 4. The number of hydrogen-bond donors (Lipinski definition) is 3. The van der Waals surface area contributed by atoms with Crippen LogP contribution in [0.15, 0.2) is 18.6 Å². The second kappa shape index (κ2) is 12.4.